The molecule has 7 atom stereocenters. The first kappa shape index (κ1) is 24.9. The second kappa shape index (κ2) is 8.58. The molecule has 2 saturated carbocycles. The molecule has 0 radical (unpaired) electrons. The van der Waals surface area contributed by atoms with Gasteiger partial charge in [0, 0.05) is 11.8 Å². The molecule has 4 nitrogen and oxygen atoms in total. The van der Waals surface area contributed by atoms with E-state index in [-0.39, 0.29) is 10.8 Å². The van der Waals surface area contributed by atoms with Gasteiger partial charge in [-0.3, -0.25) is 4.79 Å². The third kappa shape index (κ3) is 3.61. The van der Waals surface area contributed by atoms with Crippen molar-refractivity contribution in [2.24, 2.45) is 40.4 Å². The molecule has 6 rings (SSSR count). The SMILES string of the molecule is C[C@H](CCC(=O)O)[C@H]1CCC2C3CC=C4C(C)(C)c5c(cnn5-c5ccccc5)C[C@]4(C)C3CC[C@@]21C. The molecular weight excluding hydrogens is 456 g/mol. The van der Waals surface area contributed by atoms with E-state index < -0.39 is 5.97 Å². The molecule has 37 heavy (non-hydrogen) atoms. The van der Waals surface area contributed by atoms with Crippen LogP contribution < -0.4 is 0 Å². The Morgan fingerprint density at radius 2 is 1.86 bits per heavy atom. The van der Waals surface area contributed by atoms with Gasteiger partial charge in [-0.25, -0.2) is 4.68 Å². The highest BCUT2D eigenvalue weighted by atomic mass is 16.4. The maximum Gasteiger partial charge on any atom is 0.303 e. The quantitative estimate of drug-likeness (QED) is 0.430. The summed E-state index contributed by atoms with van der Waals surface area (Å²) in [4.78, 5) is 11.2. The molecule has 198 valence electrons. The summed E-state index contributed by atoms with van der Waals surface area (Å²) in [5, 5.41) is 14.2. The molecule has 4 aliphatic carbocycles. The number of aliphatic carboxylic acids is 1. The average Bonchev–Trinajstić information content (AvgIpc) is 3.44. The van der Waals surface area contributed by atoms with Crippen LogP contribution in [0.2, 0.25) is 0 Å². The van der Waals surface area contributed by atoms with Crippen molar-refractivity contribution in [3.05, 3.63) is 59.4 Å². The van der Waals surface area contributed by atoms with Crippen molar-refractivity contribution in [2.75, 3.05) is 0 Å². The summed E-state index contributed by atoms with van der Waals surface area (Å²) in [6.07, 6.45) is 13.4. The topological polar surface area (TPSA) is 55.1 Å². The highest BCUT2D eigenvalue weighted by Gasteiger charge is 2.61. The lowest BCUT2D eigenvalue weighted by atomic mass is 9.44. The van der Waals surface area contributed by atoms with Gasteiger partial charge in [0.25, 0.3) is 0 Å². The second-order valence-corrected chi connectivity index (χ2v) is 13.9. The van der Waals surface area contributed by atoms with Crippen LogP contribution in [0.25, 0.3) is 5.69 Å². The number of benzene rings is 1. The number of nitrogens with zero attached hydrogens (tertiary/aromatic N) is 2. The van der Waals surface area contributed by atoms with Gasteiger partial charge in [0.05, 0.1) is 17.6 Å². The number of fused-ring (bicyclic) bond motifs is 6. The Kier molecular flexibility index (Phi) is 5.78. The fraction of sp³-hybridized carbons (Fsp3) is 0.636. The van der Waals surface area contributed by atoms with Crippen LogP contribution >= 0.6 is 0 Å². The molecule has 0 bridgehead atoms. The van der Waals surface area contributed by atoms with E-state index in [9.17, 15) is 9.90 Å². The first-order valence-electron chi connectivity index (χ1n) is 14.6. The fourth-order valence-electron chi connectivity index (χ4n) is 10.3. The van der Waals surface area contributed by atoms with Gasteiger partial charge in [0.2, 0.25) is 0 Å². The number of carboxylic acids is 1. The minimum absolute atomic E-state index is 0.0516. The molecule has 4 aliphatic rings. The van der Waals surface area contributed by atoms with Gasteiger partial charge in [0.15, 0.2) is 0 Å². The van der Waals surface area contributed by atoms with Gasteiger partial charge in [0.1, 0.15) is 0 Å². The van der Waals surface area contributed by atoms with Crippen LogP contribution in [0.1, 0.15) is 90.8 Å². The second-order valence-electron chi connectivity index (χ2n) is 13.9. The van der Waals surface area contributed by atoms with E-state index in [0.29, 0.717) is 29.6 Å². The van der Waals surface area contributed by atoms with E-state index in [4.69, 9.17) is 5.10 Å². The first-order valence-corrected chi connectivity index (χ1v) is 14.6. The van der Waals surface area contributed by atoms with Crippen molar-refractivity contribution < 1.29 is 9.90 Å². The van der Waals surface area contributed by atoms with Crippen LogP contribution in [0.15, 0.2) is 48.2 Å². The number of para-hydroxylation sites is 1. The monoisotopic (exact) mass is 500 g/mol. The maximum atomic E-state index is 11.2. The zero-order valence-corrected chi connectivity index (χ0v) is 23.3. The predicted molar refractivity (Wildman–Crippen MR) is 148 cm³/mol. The lowest BCUT2D eigenvalue weighted by Gasteiger charge is -2.60. The minimum atomic E-state index is -0.650. The molecule has 3 unspecified atom stereocenters. The molecule has 0 spiro atoms. The van der Waals surface area contributed by atoms with Gasteiger partial charge >= 0.3 is 5.97 Å². The summed E-state index contributed by atoms with van der Waals surface area (Å²) in [6, 6.07) is 10.6. The molecule has 1 N–H and O–H groups in total. The van der Waals surface area contributed by atoms with Crippen molar-refractivity contribution in [3.8, 4) is 5.69 Å². The van der Waals surface area contributed by atoms with Crippen LogP contribution in [-0.4, -0.2) is 20.9 Å². The van der Waals surface area contributed by atoms with Crippen molar-refractivity contribution in [1.82, 2.24) is 9.78 Å². The molecule has 2 fully saturated rings. The van der Waals surface area contributed by atoms with Crippen molar-refractivity contribution in [2.45, 2.75) is 91.4 Å². The van der Waals surface area contributed by atoms with Crippen LogP contribution in [-0.2, 0) is 16.6 Å². The third-order valence-corrected chi connectivity index (χ3v) is 11.7. The van der Waals surface area contributed by atoms with Gasteiger partial charge in [-0.15, -0.1) is 0 Å². The lowest BCUT2D eigenvalue weighted by Crippen LogP contribution is -2.54. The van der Waals surface area contributed by atoms with E-state index in [0.717, 1.165) is 30.4 Å². The van der Waals surface area contributed by atoms with Gasteiger partial charge in [-0.1, -0.05) is 64.5 Å². The zero-order valence-electron chi connectivity index (χ0n) is 23.3. The normalized spacial score (nSPS) is 36.5. The molecular formula is C33H44N2O2. The van der Waals surface area contributed by atoms with Gasteiger partial charge in [-0.05, 0) is 103 Å². The molecule has 1 aromatic heterocycles. The molecule has 0 aliphatic heterocycles. The van der Waals surface area contributed by atoms with Gasteiger partial charge < -0.3 is 5.11 Å². The minimum Gasteiger partial charge on any atom is -0.481 e. The van der Waals surface area contributed by atoms with Crippen molar-refractivity contribution in [3.63, 3.8) is 0 Å². The van der Waals surface area contributed by atoms with E-state index in [1.165, 1.54) is 43.4 Å². The Balaban J connectivity index is 1.33. The fourth-order valence-corrected chi connectivity index (χ4v) is 10.3. The number of carboxylic acid groups (broad SMARTS) is 1. The highest BCUT2D eigenvalue weighted by molar-refractivity contribution is 5.66. The summed E-state index contributed by atoms with van der Waals surface area (Å²) in [5.74, 6) is 2.72. The summed E-state index contributed by atoms with van der Waals surface area (Å²) < 4.78 is 2.19. The number of aromatic nitrogens is 2. The largest absolute Gasteiger partial charge is 0.481 e. The van der Waals surface area contributed by atoms with E-state index in [2.05, 4.69) is 81.9 Å². The highest BCUT2D eigenvalue weighted by Crippen LogP contribution is 2.68. The first-order chi connectivity index (χ1) is 17.6. The number of hydrogen-bond donors (Lipinski definition) is 1. The van der Waals surface area contributed by atoms with E-state index >= 15 is 0 Å². The zero-order chi connectivity index (χ0) is 26.2. The number of carbonyl (C=O) groups is 1. The summed E-state index contributed by atoms with van der Waals surface area (Å²) in [6.45, 7) is 12.3. The van der Waals surface area contributed by atoms with Crippen LogP contribution in [0, 0.1) is 40.4 Å². The molecule has 0 saturated heterocycles. The third-order valence-electron chi connectivity index (χ3n) is 11.7. The Bertz CT molecular complexity index is 1230. The molecule has 1 aromatic carbocycles. The summed E-state index contributed by atoms with van der Waals surface area (Å²) in [5.41, 5.74) is 6.07. The molecule has 4 heteroatoms. The predicted octanol–water partition coefficient (Wildman–Crippen LogP) is 7.60. The Labute approximate surface area is 222 Å². The molecule has 2 aromatic rings. The number of allylic oxidation sites excluding steroid dienone is 2. The van der Waals surface area contributed by atoms with Crippen LogP contribution in [0.4, 0.5) is 0 Å². The van der Waals surface area contributed by atoms with Crippen molar-refractivity contribution >= 4 is 5.97 Å². The van der Waals surface area contributed by atoms with E-state index in [1.54, 1.807) is 5.57 Å². The van der Waals surface area contributed by atoms with Crippen LogP contribution in [0.3, 0.4) is 0 Å². The summed E-state index contributed by atoms with van der Waals surface area (Å²) >= 11 is 0. The molecule has 1 heterocycles. The lowest BCUT2D eigenvalue weighted by molar-refractivity contribution is -0.137. The summed E-state index contributed by atoms with van der Waals surface area (Å²) in [7, 11) is 0. The Morgan fingerprint density at radius 1 is 1.11 bits per heavy atom. The van der Waals surface area contributed by atoms with Gasteiger partial charge in [-0.2, -0.15) is 5.10 Å². The molecule has 0 amide bonds. The smallest absolute Gasteiger partial charge is 0.303 e. The average molecular weight is 501 g/mol. The Morgan fingerprint density at radius 3 is 2.59 bits per heavy atom. The Hall–Kier alpha value is -2.36. The van der Waals surface area contributed by atoms with Crippen molar-refractivity contribution in [1.29, 1.82) is 0 Å². The maximum absolute atomic E-state index is 11.2. The standard InChI is InChI=1S/C33H44N2O2/c1-21(11-16-29(36)37)25-13-14-26-24-12-15-28-31(2,3)30-22(20-34-35(30)23-9-7-6-8-10-23)19-33(28,5)27(24)17-18-32(25,26)4/h6-10,15,20-21,24-27H,11-14,16-19H2,1-5H3,(H,36,37)/t21-,24?,25-,26?,27?,32-,33-/m1/s1. The van der Waals surface area contributed by atoms with Crippen LogP contribution in [0.5, 0.6) is 0 Å². The number of hydrogen-bond acceptors (Lipinski definition) is 2. The van der Waals surface area contributed by atoms with E-state index in [1.807, 2.05) is 0 Å². The number of rotatable bonds is 5.